The summed E-state index contributed by atoms with van der Waals surface area (Å²) in [4.78, 5) is 0. The van der Waals surface area contributed by atoms with E-state index in [1.165, 1.54) is 5.56 Å². The van der Waals surface area contributed by atoms with E-state index in [0.29, 0.717) is 6.04 Å². The Morgan fingerprint density at radius 3 is 1.00 bits per heavy atom. The Kier molecular flexibility index (Phi) is 26.9. The van der Waals surface area contributed by atoms with Gasteiger partial charge in [0.15, 0.2) is 0 Å². The predicted molar refractivity (Wildman–Crippen MR) is 195 cm³/mol. The van der Waals surface area contributed by atoms with Crippen molar-refractivity contribution >= 4 is 191 Å². The molecule has 0 amide bonds. The molecular weight excluding hydrogens is 853 g/mol. The zero-order valence-corrected chi connectivity index (χ0v) is 35.6. The van der Waals surface area contributed by atoms with Crippen LogP contribution in [-0.2, 0) is 6.42 Å². The SMILES string of the molecule is C[Si](C)(Cl)Cl.C[Si](Cl)(Cl)Cl.C[Si](Cl)(Cl)c1ccccc1.Cl[Si](Cl)(Cl)CCc1ccccc1.Cl[Si](Cl)(Cl)Cl. The zero-order valence-electron chi connectivity index (χ0n) is 20.0. The Balaban J connectivity index is -0.000000417. The van der Waals surface area contributed by atoms with Crippen molar-refractivity contribution in [2.75, 3.05) is 0 Å². The minimum Gasteiger partial charge on any atom is -0.146 e. The molecule has 0 spiro atoms. The third kappa shape index (κ3) is 56.1. The molecule has 216 valence electrons. The van der Waals surface area contributed by atoms with Gasteiger partial charge in [0.1, 0.15) is 0 Å². The number of hydrogen-bond acceptors (Lipinski definition) is 0. The lowest BCUT2D eigenvalue weighted by Crippen LogP contribution is -2.31. The van der Waals surface area contributed by atoms with Crippen molar-refractivity contribution in [2.24, 2.45) is 0 Å². The van der Waals surface area contributed by atoms with Gasteiger partial charge in [-0.25, -0.2) is 0 Å². The van der Waals surface area contributed by atoms with E-state index in [9.17, 15) is 0 Å². The topological polar surface area (TPSA) is 0 Å². The van der Waals surface area contributed by atoms with Crippen LogP contribution in [0.15, 0.2) is 60.7 Å². The first kappa shape index (κ1) is 45.0. The largest absolute Gasteiger partial charge is 0.440 e. The molecule has 19 heteroatoms. The monoisotopic (exact) mass is 872 g/mol. The summed E-state index contributed by atoms with van der Waals surface area (Å²) in [6.45, 7) is 3.48. The fourth-order valence-electron chi connectivity index (χ4n) is 1.66. The van der Waals surface area contributed by atoms with Gasteiger partial charge in [-0.15, -0.1) is 155 Å². The van der Waals surface area contributed by atoms with Gasteiger partial charge >= 0.3 is 17.3 Å². The first-order valence-corrected chi connectivity index (χ1v) is 36.3. The van der Waals surface area contributed by atoms with Crippen LogP contribution in [0.2, 0.25) is 32.2 Å². The van der Waals surface area contributed by atoms with Crippen LogP contribution in [0.3, 0.4) is 0 Å². The summed E-state index contributed by atoms with van der Waals surface area (Å²) < 4.78 is 0. The van der Waals surface area contributed by atoms with Crippen LogP contribution in [-0.4, -0.2) is 30.7 Å². The van der Waals surface area contributed by atoms with Crippen LogP contribution < -0.4 is 5.19 Å². The molecule has 0 bridgehead atoms. The Bertz CT molecular complexity index is 752. The lowest BCUT2D eigenvalue weighted by atomic mass is 10.2. The second-order valence-electron chi connectivity index (χ2n) is 7.39. The molecule has 0 nitrogen and oxygen atoms in total. The molecule has 0 aliphatic heterocycles. The predicted octanol–water partition coefficient (Wildman–Crippen LogP) is 13.1. The van der Waals surface area contributed by atoms with Gasteiger partial charge in [-0.1, -0.05) is 60.7 Å². The van der Waals surface area contributed by atoms with Crippen molar-refractivity contribution in [3.63, 3.8) is 0 Å². The standard InChI is InChI=1S/C8H9Cl3Si.C7H8Cl2Si.C2H6Cl2Si.CH3Cl3Si.Cl4Si/c9-12(10,11)7-6-8-4-2-1-3-5-8;1-10(8,9)7-5-3-2-4-6-7;3*1-5(2,3)4/h1-5H,6-7H2;2-6H,1H3;1-2H3;1H3;. The molecule has 0 saturated heterocycles. The molecule has 0 aromatic heterocycles. The first-order valence-electron chi connectivity index (χ1n) is 9.92. The molecule has 2 aromatic rings. The number of benzene rings is 2. The molecule has 0 radical (unpaired) electrons. The van der Waals surface area contributed by atoms with Gasteiger partial charge in [-0.05, 0) is 49.4 Å². The maximum Gasteiger partial charge on any atom is 0.440 e. The molecular formula is C18H26Cl14Si5. The van der Waals surface area contributed by atoms with Crippen LogP contribution in [0.1, 0.15) is 5.56 Å². The highest BCUT2D eigenvalue weighted by molar-refractivity contribution is 7.81. The van der Waals surface area contributed by atoms with Crippen molar-refractivity contribution in [1.29, 1.82) is 0 Å². The quantitative estimate of drug-likeness (QED) is 0.212. The molecule has 0 aliphatic carbocycles. The van der Waals surface area contributed by atoms with Gasteiger partial charge in [0.05, 0.1) is 0 Å². The smallest absolute Gasteiger partial charge is 0.146 e. The first-order chi connectivity index (χ1) is 16.2. The van der Waals surface area contributed by atoms with Gasteiger partial charge in [-0.3, -0.25) is 0 Å². The highest BCUT2D eigenvalue weighted by Gasteiger charge is 2.24. The Morgan fingerprint density at radius 2 is 0.784 bits per heavy atom. The molecule has 0 N–H and O–H groups in total. The molecule has 37 heavy (non-hydrogen) atoms. The van der Waals surface area contributed by atoms with Crippen LogP contribution in [0.4, 0.5) is 0 Å². The van der Waals surface area contributed by atoms with Crippen molar-refractivity contribution in [2.45, 2.75) is 38.7 Å². The van der Waals surface area contributed by atoms with Crippen LogP contribution in [0, 0.1) is 0 Å². The summed E-state index contributed by atoms with van der Waals surface area (Å²) >= 11 is 75.5. The van der Waals surface area contributed by atoms with Gasteiger partial charge in [0.2, 0.25) is 6.69 Å². The summed E-state index contributed by atoms with van der Waals surface area (Å²) in [6.07, 6.45) is 0.865. The molecule has 0 heterocycles. The average Bonchev–Trinajstić information content (AvgIpc) is 2.63. The molecule has 0 fully saturated rings. The number of aryl methyl sites for hydroxylation is 1. The molecule has 0 atom stereocenters. The van der Waals surface area contributed by atoms with E-state index in [-0.39, 0.29) is 0 Å². The third-order valence-electron chi connectivity index (χ3n) is 2.82. The molecule has 2 aromatic carbocycles. The van der Waals surface area contributed by atoms with Crippen LogP contribution >= 0.6 is 155 Å². The summed E-state index contributed by atoms with van der Waals surface area (Å²) in [7, 11) is 0. The Hall–Kier alpha value is 3.58. The minimum atomic E-state index is -2.72. The lowest BCUT2D eigenvalue weighted by Gasteiger charge is -2.08. The van der Waals surface area contributed by atoms with E-state index < -0.39 is 30.7 Å². The van der Waals surface area contributed by atoms with E-state index >= 15 is 0 Å². The summed E-state index contributed by atoms with van der Waals surface area (Å²) in [5, 5.41) is -1.65. The van der Waals surface area contributed by atoms with Crippen LogP contribution in [0.5, 0.6) is 0 Å². The number of hydrogen-bond donors (Lipinski definition) is 0. The van der Waals surface area contributed by atoms with Gasteiger partial charge in [0, 0.05) is 0 Å². The average molecular weight is 879 g/mol. The maximum absolute atomic E-state index is 5.96. The van der Waals surface area contributed by atoms with Crippen molar-refractivity contribution in [1.82, 2.24) is 0 Å². The van der Waals surface area contributed by atoms with Crippen molar-refractivity contribution in [3.8, 4) is 0 Å². The number of rotatable bonds is 4. The highest BCUT2D eigenvalue weighted by Crippen LogP contribution is 2.26. The summed E-state index contributed by atoms with van der Waals surface area (Å²) in [6, 6.07) is 15.9. The fraction of sp³-hybridized carbons (Fsp3) is 0.333. The number of halogens is 14. The second kappa shape index (κ2) is 22.1. The highest BCUT2D eigenvalue weighted by atomic mass is 36.0. The normalized spacial score (nSPS) is 11.7. The maximum atomic E-state index is 5.96. The molecule has 0 saturated carbocycles. The van der Waals surface area contributed by atoms with E-state index in [1.54, 1.807) is 6.55 Å². The zero-order chi connectivity index (χ0) is 30.1. The Morgan fingerprint density at radius 1 is 0.514 bits per heavy atom. The van der Waals surface area contributed by atoms with Crippen molar-refractivity contribution < 1.29 is 0 Å². The van der Waals surface area contributed by atoms with E-state index in [1.807, 2.05) is 80.3 Å². The van der Waals surface area contributed by atoms with Crippen LogP contribution in [0.25, 0.3) is 0 Å². The molecule has 2 rings (SSSR count). The van der Waals surface area contributed by atoms with E-state index in [4.69, 9.17) is 155 Å². The summed E-state index contributed by atoms with van der Waals surface area (Å²) in [5.41, 5.74) is 1.23. The van der Waals surface area contributed by atoms with Gasteiger partial charge in [-0.2, -0.15) is 0 Å². The van der Waals surface area contributed by atoms with Crippen molar-refractivity contribution in [3.05, 3.63) is 66.2 Å². The van der Waals surface area contributed by atoms with E-state index in [0.717, 1.165) is 11.6 Å². The molecule has 0 aliphatic rings. The second-order valence-corrected chi connectivity index (χ2v) is 54.3. The summed E-state index contributed by atoms with van der Waals surface area (Å²) in [5.74, 6) is 0. The lowest BCUT2D eigenvalue weighted by molar-refractivity contribution is 1.12. The van der Waals surface area contributed by atoms with Gasteiger partial charge in [0.25, 0.3) is 6.69 Å². The Labute approximate surface area is 292 Å². The fourth-order valence-corrected chi connectivity index (χ4v) is 4.62. The van der Waals surface area contributed by atoms with Gasteiger partial charge < -0.3 is 0 Å². The van der Waals surface area contributed by atoms with E-state index in [2.05, 4.69) is 0 Å². The molecule has 0 unspecified atom stereocenters. The minimum absolute atomic E-state index is 0.696. The third-order valence-corrected chi connectivity index (χ3v) is 7.99.